The van der Waals surface area contributed by atoms with Gasteiger partial charge in [-0.05, 0) is 30.6 Å². The number of nitrogens with zero attached hydrogens (tertiary/aromatic N) is 1. The Kier molecular flexibility index (Phi) is 4.72. The summed E-state index contributed by atoms with van der Waals surface area (Å²) in [5.41, 5.74) is -4.85. The molecule has 1 unspecified atom stereocenters. The predicted octanol–water partition coefficient (Wildman–Crippen LogP) is 4.25. The van der Waals surface area contributed by atoms with Crippen LogP contribution in [0.2, 0.25) is 0 Å². The third kappa shape index (κ3) is 3.07. The third-order valence-corrected chi connectivity index (χ3v) is 4.87. The van der Waals surface area contributed by atoms with E-state index in [-0.39, 0.29) is 24.2 Å². The maximum Gasteiger partial charge on any atom is 0.429 e. The molecular formula is C17H18F6N2O. The van der Waals surface area contributed by atoms with Gasteiger partial charge < -0.3 is 10.4 Å². The van der Waals surface area contributed by atoms with Crippen molar-refractivity contribution in [1.29, 1.82) is 0 Å². The Bertz CT molecular complexity index is 706. The number of piperidine rings is 1. The van der Waals surface area contributed by atoms with Crippen molar-refractivity contribution < 1.29 is 31.4 Å². The number of nitrogens with one attached hydrogen (secondary N) is 1. The Hall–Kier alpha value is -1.74. The second-order valence-electron chi connectivity index (χ2n) is 6.49. The zero-order valence-corrected chi connectivity index (χ0v) is 13.7. The van der Waals surface area contributed by atoms with Crippen LogP contribution in [0.1, 0.15) is 30.4 Å². The van der Waals surface area contributed by atoms with Crippen LogP contribution in [0.5, 0.6) is 0 Å². The number of aliphatic hydroxyl groups excluding tert-OH is 1. The molecule has 2 aliphatic heterocycles. The molecule has 2 aliphatic rings. The van der Waals surface area contributed by atoms with E-state index in [2.05, 4.69) is 5.32 Å². The molecule has 1 aromatic rings. The van der Waals surface area contributed by atoms with Gasteiger partial charge in [0, 0.05) is 18.7 Å². The maximum atomic E-state index is 14.1. The molecule has 1 saturated heterocycles. The Labute approximate surface area is 146 Å². The summed E-state index contributed by atoms with van der Waals surface area (Å²) in [6.07, 6.45) is -7.06. The maximum absolute atomic E-state index is 14.1. The highest BCUT2D eigenvalue weighted by atomic mass is 19.4. The highest BCUT2D eigenvalue weighted by Crippen LogP contribution is 2.48. The number of aliphatic hydroxyl groups is 1. The fourth-order valence-electron chi connectivity index (χ4n) is 3.63. The first kappa shape index (κ1) is 19.0. The normalized spacial score (nSPS) is 24.7. The van der Waals surface area contributed by atoms with Gasteiger partial charge in [-0.25, -0.2) is 0 Å². The fraction of sp³-hybridized carbons (Fsp3) is 0.529. The van der Waals surface area contributed by atoms with E-state index in [1.807, 2.05) is 0 Å². The molecule has 0 amide bonds. The first-order valence-electron chi connectivity index (χ1n) is 8.23. The lowest BCUT2D eigenvalue weighted by Gasteiger charge is -2.48. The molecule has 0 saturated carbocycles. The summed E-state index contributed by atoms with van der Waals surface area (Å²) >= 11 is 0. The van der Waals surface area contributed by atoms with Gasteiger partial charge in [-0.15, -0.1) is 0 Å². The van der Waals surface area contributed by atoms with Crippen molar-refractivity contribution in [1.82, 2.24) is 4.90 Å². The van der Waals surface area contributed by atoms with Gasteiger partial charge in [-0.3, -0.25) is 4.90 Å². The summed E-state index contributed by atoms with van der Waals surface area (Å²) in [6, 6.07) is 3.13. The van der Waals surface area contributed by atoms with E-state index in [1.54, 1.807) is 0 Å². The lowest BCUT2D eigenvalue weighted by atomic mass is 9.89. The number of benzene rings is 1. The summed E-state index contributed by atoms with van der Waals surface area (Å²) in [6.45, 7) is -0.585. The molecule has 1 aromatic carbocycles. The summed E-state index contributed by atoms with van der Waals surface area (Å²) in [4.78, 5) is 1.11. The second-order valence-corrected chi connectivity index (χ2v) is 6.49. The Morgan fingerprint density at radius 2 is 1.69 bits per heavy atom. The van der Waals surface area contributed by atoms with Crippen molar-refractivity contribution in [3.05, 3.63) is 35.4 Å². The number of fused-ring (bicyclic) bond motifs is 1. The molecule has 144 valence electrons. The van der Waals surface area contributed by atoms with E-state index in [1.165, 1.54) is 6.07 Å². The lowest BCUT2D eigenvalue weighted by molar-refractivity contribution is -0.208. The number of rotatable bonds is 2. The minimum atomic E-state index is -4.87. The minimum absolute atomic E-state index is 0.0702. The van der Waals surface area contributed by atoms with Crippen molar-refractivity contribution in [3.8, 4) is 0 Å². The monoisotopic (exact) mass is 380 g/mol. The van der Waals surface area contributed by atoms with Crippen LogP contribution in [-0.2, 0) is 6.18 Å². The summed E-state index contributed by atoms with van der Waals surface area (Å²) in [7, 11) is 0. The van der Waals surface area contributed by atoms with Crippen LogP contribution in [-0.4, -0.2) is 41.5 Å². The molecule has 2 N–H and O–H groups in total. The lowest BCUT2D eigenvalue weighted by Crippen LogP contribution is -2.65. The van der Waals surface area contributed by atoms with Gasteiger partial charge in [-0.1, -0.05) is 18.6 Å². The number of alkyl halides is 6. The molecular weight excluding hydrogens is 362 g/mol. The zero-order chi connectivity index (χ0) is 19.2. The second kappa shape index (κ2) is 6.45. The Balaban J connectivity index is 2.21. The highest BCUT2D eigenvalue weighted by molar-refractivity contribution is 5.84. The molecule has 1 fully saturated rings. The Morgan fingerprint density at radius 3 is 2.23 bits per heavy atom. The topological polar surface area (TPSA) is 35.5 Å². The number of para-hydroxylation sites is 1. The number of halogens is 6. The molecule has 0 spiro atoms. The van der Waals surface area contributed by atoms with Gasteiger partial charge >= 0.3 is 12.4 Å². The first-order chi connectivity index (χ1) is 12.1. The standard InChI is InChI=1S/C17H18F6N2O/c18-16(19,20)13-6-4-5-12-11(10-26)9-15(17(21,22)23,24-14(12)13)25-7-2-1-3-8-25/h4-6,9,24,26H,1-3,7-8,10H2. The van der Waals surface area contributed by atoms with Crippen molar-refractivity contribution in [2.75, 3.05) is 25.0 Å². The Morgan fingerprint density at radius 1 is 1.04 bits per heavy atom. The third-order valence-electron chi connectivity index (χ3n) is 4.87. The average molecular weight is 380 g/mol. The van der Waals surface area contributed by atoms with Gasteiger partial charge in [0.2, 0.25) is 5.66 Å². The van der Waals surface area contributed by atoms with E-state index in [0.717, 1.165) is 29.5 Å². The summed E-state index contributed by atoms with van der Waals surface area (Å²) in [5, 5.41) is 11.7. The molecule has 3 nitrogen and oxygen atoms in total. The zero-order valence-electron chi connectivity index (χ0n) is 13.7. The van der Waals surface area contributed by atoms with Crippen LogP contribution >= 0.6 is 0 Å². The number of hydrogen-bond acceptors (Lipinski definition) is 3. The predicted molar refractivity (Wildman–Crippen MR) is 84.3 cm³/mol. The quantitative estimate of drug-likeness (QED) is 0.753. The van der Waals surface area contributed by atoms with Gasteiger partial charge in [0.15, 0.2) is 0 Å². The van der Waals surface area contributed by atoms with Crippen LogP contribution in [0.15, 0.2) is 24.3 Å². The van der Waals surface area contributed by atoms with Gasteiger partial charge in [0.1, 0.15) is 0 Å². The molecule has 0 aromatic heterocycles. The van der Waals surface area contributed by atoms with Gasteiger partial charge in [-0.2, -0.15) is 26.3 Å². The molecule has 0 aliphatic carbocycles. The van der Waals surface area contributed by atoms with E-state index >= 15 is 0 Å². The van der Waals surface area contributed by atoms with Crippen LogP contribution in [0.3, 0.4) is 0 Å². The van der Waals surface area contributed by atoms with E-state index < -0.39 is 35.9 Å². The number of anilines is 1. The molecule has 2 heterocycles. The van der Waals surface area contributed by atoms with Crippen molar-refractivity contribution >= 4 is 11.3 Å². The molecule has 0 bridgehead atoms. The van der Waals surface area contributed by atoms with E-state index in [9.17, 15) is 31.4 Å². The number of hydrogen-bond donors (Lipinski definition) is 2. The van der Waals surface area contributed by atoms with Gasteiger partial charge in [0.05, 0.1) is 17.9 Å². The minimum Gasteiger partial charge on any atom is -0.392 e. The van der Waals surface area contributed by atoms with Crippen molar-refractivity contribution in [2.24, 2.45) is 0 Å². The average Bonchev–Trinajstić information content (AvgIpc) is 2.59. The van der Waals surface area contributed by atoms with Crippen LogP contribution in [0.25, 0.3) is 5.57 Å². The molecule has 0 radical (unpaired) electrons. The molecule has 26 heavy (non-hydrogen) atoms. The fourth-order valence-corrected chi connectivity index (χ4v) is 3.63. The van der Waals surface area contributed by atoms with E-state index in [0.29, 0.717) is 12.8 Å². The highest BCUT2D eigenvalue weighted by Gasteiger charge is 2.59. The molecule has 9 heteroatoms. The van der Waals surface area contributed by atoms with Crippen molar-refractivity contribution in [3.63, 3.8) is 0 Å². The smallest absolute Gasteiger partial charge is 0.392 e. The number of likely N-dealkylation sites (tertiary alicyclic amines) is 1. The molecule has 3 rings (SSSR count). The van der Waals surface area contributed by atoms with E-state index in [4.69, 9.17) is 0 Å². The van der Waals surface area contributed by atoms with Gasteiger partial charge in [0.25, 0.3) is 0 Å². The van der Waals surface area contributed by atoms with Crippen LogP contribution in [0.4, 0.5) is 32.0 Å². The first-order valence-corrected chi connectivity index (χ1v) is 8.23. The SMILES string of the molecule is OCC1=CC(N2CCCCC2)(C(F)(F)F)Nc2c1cccc2C(F)(F)F. The van der Waals surface area contributed by atoms with Crippen LogP contribution in [0, 0.1) is 0 Å². The summed E-state index contributed by atoms with van der Waals surface area (Å²) in [5.74, 6) is 0. The summed E-state index contributed by atoms with van der Waals surface area (Å²) < 4.78 is 82.4. The largest absolute Gasteiger partial charge is 0.429 e. The van der Waals surface area contributed by atoms with Crippen LogP contribution < -0.4 is 5.32 Å². The molecule has 1 atom stereocenters. The van der Waals surface area contributed by atoms with Crippen molar-refractivity contribution in [2.45, 2.75) is 37.3 Å².